The summed E-state index contributed by atoms with van der Waals surface area (Å²) >= 11 is 1.69. The van der Waals surface area contributed by atoms with Crippen LogP contribution in [0.3, 0.4) is 0 Å². The average molecular weight is 292 g/mol. The molecule has 1 aromatic rings. The van der Waals surface area contributed by atoms with Crippen molar-refractivity contribution in [1.82, 2.24) is 15.3 Å². The van der Waals surface area contributed by atoms with Gasteiger partial charge >= 0.3 is 5.96 Å². The lowest BCUT2D eigenvalue weighted by molar-refractivity contribution is 0.226. The highest BCUT2D eigenvalue weighted by Crippen LogP contribution is 2.11. The second-order valence-corrected chi connectivity index (χ2v) is 5.79. The summed E-state index contributed by atoms with van der Waals surface area (Å²) in [5, 5.41) is 20.3. The lowest BCUT2D eigenvalue weighted by Gasteiger charge is -2.13. The SMILES string of the molecule is CCC1=C(C)C=[N+]=C(NCC(CO)Cc2ccsc2)N1. The summed E-state index contributed by atoms with van der Waals surface area (Å²) in [4.78, 5) is 0. The molecule has 0 aromatic carbocycles. The molecule has 108 valence electrons. The van der Waals surface area contributed by atoms with Crippen molar-refractivity contribution in [3.8, 4) is 0 Å². The van der Waals surface area contributed by atoms with Crippen LogP contribution >= 0.6 is 11.3 Å². The summed E-state index contributed by atoms with van der Waals surface area (Å²) in [6, 6.07) is 2.11. The van der Waals surface area contributed by atoms with Gasteiger partial charge in [-0.25, -0.2) is 9.98 Å². The van der Waals surface area contributed by atoms with Crippen molar-refractivity contribution in [3.05, 3.63) is 33.7 Å². The first-order valence-corrected chi connectivity index (χ1v) is 7.90. The molecule has 0 spiro atoms. The van der Waals surface area contributed by atoms with Crippen molar-refractivity contribution >= 4 is 23.5 Å². The molecule has 1 atom stereocenters. The molecule has 0 fully saturated rings. The summed E-state index contributed by atoms with van der Waals surface area (Å²) in [5.41, 5.74) is 3.65. The van der Waals surface area contributed by atoms with Crippen LogP contribution in [0.2, 0.25) is 0 Å². The molecule has 0 saturated heterocycles. The van der Waals surface area contributed by atoms with Gasteiger partial charge in [0.15, 0.2) is 6.21 Å². The van der Waals surface area contributed by atoms with E-state index in [4.69, 9.17) is 0 Å². The number of nitrogens with one attached hydrogen (secondary N) is 2. The van der Waals surface area contributed by atoms with E-state index in [9.17, 15) is 5.11 Å². The third kappa shape index (κ3) is 3.97. The molecule has 1 unspecified atom stereocenters. The number of nitrogens with zero attached hydrogens (tertiary/aromatic N) is 1. The fourth-order valence-electron chi connectivity index (χ4n) is 2.15. The van der Waals surface area contributed by atoms with E-state index < -0.39 is 0 Å². The van der Waals surface area contributed by atoms with Crippen LogP contribution in [0, 0.1) is 5.92 Å². The summed E-state index contributed by atoms with van der Waals surface area (Å²) in [5.74, 6) is 0.974. The minimum Gasteiger partial charge on any atom is -0.396 e. The zero-order valence-corrected chi connectivity index (χ0v) is 12.8. The Labute approximate surface area is 124 Å². The lowest BCUT2D eigenvalue weighted by Crippen LogP contribution is -2.43. The maximum atomic E-state index is 9.48. The standard InChI is InChI=1S/C15H21N3OS/c1-3-14-11(2)7-16-15(18-14)17-8-13(9-19)6-12-4-5-20-10-12/h4-5,7,10,13,19H,3,6,8-9H2,1-2H3,(H,16,17,18)/p+1. The highest BCUT2D eigenvalue weighted by Gasteiger charge is 2.18. The Hall–Kier alpha value is -1.55. The predicted octanol–water partition coefficient (Wildman–Crippen LogP) is 1.27. The van der Waals surface area contributed by atoms with E-state index in [1.807, 2.05) is 6.21 Å². The summed E-state index contributed by atoms with van der Waals surface area (Å²) in [7, 11) is 0. The van der Waals surface area contributed by atoms with Crippen molar-refractivity contribution in [1.29, 1.82) is 0 Å². The molecule has 2 heterocycles. The molecule has 0 aliphatic carbocycles. The molecule has 2 rings (SSSR count). The Kier molecular flexibility index (Phi) is 5.41. The number of allylic oxidation sites excluding steroid dienone is 2. The van der Waals surface area contributed by atoms with Gasteiger partial charge in [0.1, 0.15) is 0 Å². The molecule has 1 aromatic heterocycles. The smallest absolute Gasteiger partial charge is 0.396 e. The monoisotopic (exact) mass is 292 g/mol. The highest BCUT2D eigenvalue weighted by atomic mass is 32.1. The lowest BCUT2D eigenvalue weighted by atomic mass is 10.0. The zero-order valence-electron chi connectivity index (χ0n) is 12.0. The first-order valence-electron chi connectivity index (χ1n) is 6.96. The molecule has 0 radical (unpaired) electrons. The van der Waals surface area contributed by atoms with E-state index in [1.165, 1.54) is 16.8 Å². The molecule has 1 aliphatic heterocycles. The first kappa shape index (κ1) is 14.9. The highest BCUT2D eigenvalue weighted by molar-refractivity contribution is 7.07. The second kappa shape index (κ2) is 7.29. The van der Waals surface area contributed by atoms with E-state index in [-0.39, 0.29) is 12.5 Å². The fourth-order valence-corrected chi connectivity index (χ4v) is 2.84. The maximum Gasteiger partial charge on any atom is 0.443 e. The molecule has 0 amide bonds. The van der Waals surface area contributed by atoms with E-state index in [0.717, 1.165) is 18.8 Å². The van der Waals surface area contributed by atoms with Crippen LogP contribution in [-0.4, -0.2) is 30.4 Å². The van der Waals surface area contributed by atoms with Crippen LogP contribution in [0.1, 0.15) is 25.8 Å². The minimum atomic E-state index is 0.176. The number of hydrogen-bond acceptors (Lipinski definition) is 4. The third-order valence-electron chi connectivity index (χ3n) is 3.41. The van der Waals surface area contributed by atoms with Crippen molar-refractivity contribution in [3.63, 3.8) is 0 Å². The van der Waals surface area contributed by atoms with Crippen LogP contribution in [0.5, 0.6) is 0 Å². The molecule has 0 saturated carbocycles. The largest absolute Gasteiger partial charge is 0.443 e. The van der Waals surface area contributed by atoms with Gasteiger partial charge in [0.05, 0.1) is 12.2 Å². The van der Waals surface area contributed by atoms with Gasteiger partial charge in [-0.2, -0.15) is 11.3 Å². The van der Waals surface area contributed by atoms with Gasteiger partial charge in [0, 0.05) is 18.1 Å². The number of hydrogen-bond donors (Lipinski definition) is 3. The number of guanidine groups is 1. The predicted molar refractivity (Wildman–Crippen MR) is 85.9 cm³/mol. The van der Waals surface area contributed by atoms with Gasteiger partial charge in [-0.05, 0) is 42.2 Å². The van der Waals surface area contributed by atoms with Gasteiger partial charge in [0.25, 0.3) is 0 Å². The molecule has 20 heavy (non-hydrogen) atoms. The molecule has 3 N–H and O–H groups in total. The number of rotatable bonds is 6. The van der Waals surface area contributed by atoms with Crippen LogP contribution in [0.4, 0.5) is 0 Å². The quantitative estimate of drug-likeness (QED) is 0.692. The van der Waals surface area contributed by atoms with Crippen LogP contribution in [0.15, 0.2) is 28.1 Å². The average Bonchev–Trinajstić information content (AvgIpc) is 2.97. The Morgan fingerprint density at radius 1 is 1.50 bits per heavy atom. The molecule has 1 aliphatic rings. The van der Waals surface area contributed by atoms with Crippen molar-refractivity contribution in [2.75, 3.05) is 13.2 Å². The van der Waals surface area contributed by atoms with Crippen LogP contribution in [-0.2, 0) is 6.42 Å². The Morgan fingerprint density at radius 2 is 2.35 bits per heavy atom. The van der Waals surface area contributed by atoms with Gasteiger partial charge in [0.2, 0.25) is 0 Å². The van der Waals surface area contributed by atoms with Crippen molar-refractivity contribution in [2.45, 2.75) is 26.7 Å². The topological polar surface area (TPSA) is 58.4 Å². The first-order chi connectivity index (χ1) is 9.72. The van der Waals surface area contributed by atoms with E-state index in [1.54, 1.807) is 11.3 Å². The molecule has 5 heteroatoms. The van der Waals surface area contributed by atoms with Gasteiger partial charge in [-0.15, -0.1) is 0 Å². The third-order valence-corrected chi connectivity index (χ3v) is 4.14. The molecule has 0 bridgehead atoms. The Bertz CT molecular complexity index is 527. The van der Waals surface area contributed by atoms with Gasteiger partial charge in [-0.3, -0.25) is 5.32 Å². The zero-order chi connectivity index (χ0) is 14.4. The Balaban J connectivity index is 1.87. The van der Waals surface area contributed by atoms with E-state index in [0.29, 0.717) is 6.54 Å². The second-order valence-electron chi connectivity index (χ2n) is 5.01. The van der Waals surface area contributed by atoms with Crippen molar-refractivity contribution in [2.24, 2.45) is 5.92 Å². The van der Waals surface area contributed by atoms with Gasteiger partial charge in [-0.1, -0.05) is 6.92 Å². The van der Waals surface area contributed by atoms with Crippen molar-refractivity contribution < 1.29 is 5.11 Å². The minimum absolute atomic E-state index is 0.176. The number of aliphatic hydroxyl groups is 1. The summed E-state index contributed by atoms with van der Waals surface area (Å²) in [6.07, 6.45) is 3.73. The van der Waals surface area contributed by atoms with Crippen LogP contribution < -0.4 is 15.3 Å². The molecule has 4 nitrogen and oxygen atoms in total. The normalized spacial score (nSPS) is 15.8. The summed E-state index contributed by atoms with van der Waals surface area (Å²) in [6.45, 7) is 5.06. The fraction of sp³-hybridized carbons (Fsp3) is 0.467. The molecular formula is C15H22N3OS+. The van der Waals surface area contributed by atoms with E-state index >= 15 is 0 Å². The molecular weight excluding hydrogens is 270 g/mol. The maximum absolute atomic E-state index is 9.48. The van der Waals surface area contributed by atoms with Gasteiger partial charge < -0.3 is 5.11 Å². The van der Waals surface area contributed by atoms with E-state index in [2.05, 4.69) is 46.0 Å². The Morgan fingerprint density at radius 3 is 3.00 bits per heavy atom. The summed E-state index contributed by atoms with van der Waals surface area (Å²) < 4.78 is 4.34. The number of aliphatic hydroxyl groups excluding tert-OH is 1. The van der Waals surface area contributed by atoms with Crippen LogP contribution in [0.25, 0.3) is 0 Å². The number of thiophene rings is 1.